The van der Waals surface area contributed by atoms with Gasteiger partial charge in [-0.2, -0.15) is 0 Å². The van der Waals surface area contributed by atoms with Gasteiger partial charge in [0.05, 0.1) is 6.54 Å². The molecule has 0 aromatic heterocycles. The maximum absolute atomic E-state index is 11.8. The first kappa shape index (κ1) is 17.5. The molecule has 0 unspecified atom stereocenters. The summed E-state index contributed by atoms with van der Waals surface area (Å²) >= 11 is 0. The number of hydrogen-bond acceptors (Lipinski definition) is 4. The minimum absolute atomic E-state index is 0.252. The fourth-order valence-corrected chi connectivity index (χ4v) is 1.06. The van der Waals surface area contributed by atoms with Crippen LogP contribution >= 0.6 is 0 Å². The number of amides is 1. The van der Waals surface area contributed by atoms with Gasteiger partial charge in [-0.25, -0.2) is 0 Å². The van der Waals surface area contributed by atoms with Crippen LogP contribution < -0.4 is 0 Å². The fraction of sp³-hybridized carbons (Fsp3) is 0.714. The smallest absolute Gasteiger partial charge is 0.323 e. The summed E-state index contributed by atoms with van der Waals surface area (Å²) in [5.74, 6) is 4.69. The number of carbonyl (C=O) groups excluding carboxylic acids is 2. The summed E-state index contributed by atoms with van der Waals surface area (Å²) in [5, 5.41) is 0. The number of rotatable bonds is 3. The Morgan fingerprint density at radius 2 is 1.74 bits per heavy atom. The van der Waals surface area contributed by atoms with Crippen LogP contribution in [0.15, 0.2) is 0 Å². The third-order valence-electron chi connectivity index (χ3n) is 2.34. The summed E-state index contributed by atoms with van der Waals surface area (Å²) < 4.78 is 5.28. The van der Waals surface area contributed by atoms with Gasteiger partial charge < -0.3 is 9.64 Å². The van der Waals surface area contributed by atoms with E-state index in [9.17, 15) is 9.59 Å². The van der Waals surface area contributed by atoms with Gasteiger partial charge in [0.2, 0.25) is 0 Å². The van der Waals surface area contributed by atoms with Crippen LogP contribution in [0.2, 0.25) is 0 Å². The van der Waals surface area contributed by atoms with Crippen molar-refractivity contribution in [3.05, 3.63) is 0 Å². The first-order valence-corrected chi connectivity index (χ1v) is 6.18. The molecule has 0 aromatic carbocycles. The number of nitrogens with zero attached hydrogens (tertiary/aromatic N) is 2. The van der Waals surface area contributed by atoms with Gasteiger partial charge in [0.25, 0.3) is 5.91 Å². The highest BCUT2D eigenvalue weighted by molar-refractivity contribution is 5.93. The van der Waals surface area contributed by atoms with Crippen LogP contribution in [0, 0.1) is 11.8 Å². The van der Waals surface area contributed by atoms with E-state index in [1.54, 1.807) is 33.0 Å². The van der Waals surface area contributed by atoms with E-state index >= 15 is 0 Å². The lowest BCUT2D eigenvalue weighted by molar-refractivity contribution is -0.160. The van der Waals surface area contributed by atoms with E-state index < -0.39 is 11.6 Å². The molecule has 1 amide bonds. The van der Waals surface area contributed by atoms with Crippen molar-refractivity contribution >= 4 is 11.9 Å². The summed E-state index contributed by atoms with van der Waals surface area (Å²) in [5.41, 5.74) is -0.501. The van der Waals surface area contributed by atoms with Gasteiger partial charge in [-0.1, -0.05) is 5.92 Å². The molecule has 1 atom stereocenters. The second kappa shape index (κ2) is 7.15. The SMILES string of the molecule is C[C@@H](C(=O)OC(C)(C)C)N(C)CC#CC(=O)N(C)C. The summed E-state index contributed by atoms with van der Waals surface area (Å²) in [4.78, 5) is 26.2. The minimum Gasteiger partial charge on any atom is -0.459 e. The quantitative estimate of drug-likeness (QED) is 0.559. The molecule has 0 bridgehead atoms. The van der Waals surface area contributed by atoms with Crippen molar-refractivity contribution in [2.45, 2.75) is 39.3 Å². The van der Waals surface area contributed by atoms with E-state index in [1.165, 1.54) is 4.90 Å². The average Bonchev–Trinajstić information content (AvgIpc) is 2.25. The average molecular weight is 268 g/mol. The molecule has 0 saturated carbocycles. The van der Waals surface area contributed by atoms with Gasteiger partial charge in [0.1, 0.15) is 11.6 Å². The number of likely N-dealkylation sites (N-methyl/N-ethyl adjacent to an activating group) is 1. The van der Waals surface area contributed by atoms with Crippen molar-refractivity contribution in [3.63, 3.8) is 0 Å². The highest BCUT2D eigenvalue weighted by atomic mass is 16.6. The monoisotopic (exact) mass is 268 g/mol. The Labute approximate surface area is 115 Å². The van der Waals surface area contributed by atoms with Crippen molar-refractivity contribution in [1.82, 2.24) is 9.80 Å². The van der Waals surface area contributed by atoms with Crippen LogP contribution in [-0.4, -0.2) is 61.0 Å². The number of carbonyl (C=O) groups is 2. The molecule has 0 aromatic rings. The first-order valence-electron chi connectivity index (χ1n) is 6.18. The van der Waals surface area contributed by atoms with Gasteiger partial charge >= 0.3 is 5.97 Å². The molecule has 5 heteroatoms. The maximum Gasteiger partial charge on any atom is 0.323 e. The summed E-state index contributed by atoms with van der Waals surface area (Å²) in [6.07, 6.45) is 0. The normalized spacial score (nSPS) is 12.4. The van der Waals surface area contributed by atoms with Crippen LogP contribution in [0.25, 0.3) is 0 Å². The van der Waals surface area contributed by atoms with Crippen molar-refractivity contribution < 1.29 is 14.3 Å². The van der Waals surface area contributed by atoms with Crippen LogP contribution in [-0.2, 0) is 14.3 Å². The zero-order valence-corrected chi connectivity index (χ0v) is 12.9. The number of esters is 1. The second-order valence-electron chi connectivity index (χ2n) is 5.63. The topological polar surface area (TPSA) is 49.9 Å². The van der Waals surface area contributed by atoms with Gasteiger partial charge in [-0.15, -0.1) is 0 Å². The highest BCUT2D eigenvalue weighted by Gasteiger charge is 2.24. The molecule has 5 nitrogen and oxygen atoms in total. The fourth-order valence-electron chi connectivity index (χ4n) is 1.06. The molecule has 0 spiro atoms. The second-order valence-corrected chi connectivity index (χ2v) is 5.63. The van der Waals surface area contributed by atoms with E-state index in [-0.39, 0.29) is 11.9 Å². The predicted molar refractivity (Wildman–Crippen MR) is 74.4 cm³/mol. The van der Waals surface area contributed by atoms with Crippen LogP contribution in [0.1, 0.15) is 27.7 Å². The first-order chi connectivity index (χ1) is 8.54. The standard InChI is InChI=1S/C14H24N2O3/c1-11(13(18)19-14(2,3)4)16(7)10-8-9-12(17)15(5)6/h11H,10H2,1-7H3/t11-/m0/s1. The predicted octanol–water partition coefficient (Wildman–Crippen LogP) is 0.740. The van der Waals surface area contributed by atoms with E-state index in [1.807, 2.05) is 20.8 Å². The molecule has 0 aliphatic heterocycles. The van der Waals surface area contributed by atoms with Crippen molar-refractivity contribution in [2.75, 3.05) is 27.7 Å². The van der Waals surface area contributed by atoms with E-state index in [0.717, 1.165) is 0 Å². The van der Waals surface area contributed by atoms with Gasteiger partial charge in [-0.3, -0.25) is 14.5 Å². The van der Waals surface area contributed by atoms with Gasteiger partial charge in [-0.05, 0) is 40.7 Å². The lowest BCUT2D eigenvalue weighted by Crippen LogP contribution is -2.40. The zero-order chi connectivity index (χ0) is 15.2. The molecule has 0 aliphatic rings. The van der Waals surface area contributed by atoms with Crippen LogP contribution in [0.4, 0.5) is 0 Å². The Balaban J connectivity index is 4.39. The Hall–Kier alpha value is -1.54. The molecular formula is C14H24N2O3. The molecule has 0 heterocycles. The third-order valence-corrected chi connectivity index (χ3v) is 2.34. The Kier molecular flexibility index (Phi) is 6.57. The largest absolute Gasteiger partial charge is 0.459 e. The Bertz CT molecular complexity index is 386. The minimum atomic E-state index is -0.501. The van der Waals surface area contributed by atoms with E-state index in [2.05, 4.69) is 11.8 Å². The molecule has 19 heavy (non-hydrogen) atoms. The summed E-state index contributed by atoms with van der Waals surface area (Å²) in [6, 6.07) is -0.400. The van der Waals surface area contributed by atoms with Gasteiger partial charge in [0, 0.05) is 14.1 Å². The summed E-state index contributed by atoms with van der Waals surface area (Å²) in [6.45, 7) is 7.57. The molecule has 0 aliphatic carbocycles. The molecule has 0 saturated heterocycles. The van der Waals surface area contributed by atoms with Crippen molar-refractivity contribution in [3.8, 4) is 11.8 Å². The Morgan fingerprint density at radius 1 is 1.21 bits per heavy atom. The molecule has 108 valence electrons. The molecule has 0 rings (SSSR count). The molecule has 0 N–H and O–H groups in total. The van der Waals surface area contributed by atoms with Gasteiger partial charge in [0.15, 0.2) is 0 Å². The van der Waals surface area contributed by atoms with Crippen LogP contribution in [0.3, 0.4) is 0 Å². The lowest BCUT2D eigenvalue weighted by atomic mass is 10.2. The highest BCUT2D eigenvalue weighted by Crippen LogP contribution is 2.10. The van der Waals surface area contributed by atoms with Crippen LogP contribution in [0.5, 0.6) is 0 Å². The number of hydrogen-bond donors (Lipinski definition) is 0. The number of ether oxygens (including phenoxy) is 1. The maximum atomic E-state index is 11.8. The summed E-state index contributed by atoms with van der Waals surface area (Å²) in [7, 11) is 5.05. The van der Waals surface area contributed by atoms with Crippen molar-refractivity contribution in [2.24, 2.45) is 0 Å². The van der Waals surface area contributed by atoms with E-state index in [4.69, 9.17) is 4.74 Å². The van der Waals surface area contributed by atoms with E-state index in [0.29, 0.717) is 6.54 Å². The lowest BCUT2D eigenvalue weighted by Gasteiger charge is -2.26. The zero-order valence-electron chi connectivity index (χ0n) is 12.9. The molecular weight excluding hydrogens is 244 g/mol. The molecule has 0 radical (unpaired) electrons. The Morgan fingerprint density at radius 3 is 2.16 bits per heavy atom. The van der Waals surface area contributed by atoms with Crippen molar-refractivity contribution in [1.29, 1.82) is 0 Å². The molecule has 0 fully saturated rings. The third kappa shape index (κ3) is 7.47.